The Labute approximate surface area is 149 Å². The van der Waals surface area contributed by atoms with E-state index in [1.54, 1.807) is 17.3 Å². The number of aromatic amines is 1. The van der Waals surface area contributed by atoms with E-state index in [0.29, 0.717) is 38.8 Å². The van der Waals surface area contributed by atoms with Crippen molar-refractivity contribution in [1.29, 1.82) is 0 Å². The maximum Gasteiger partial charge on any atom is 0.416 e. The molecule has 140 valence electrons. The van der Waals surface area contributed by atoms with Gasteiger partial charge in [-0.05, 0) is 30.2 Å². The Hall–Kier alpha value is -2.51. The molecule has 1 aromatic heterocycles. The van der Waals surface area contributed by atoms with Crippen LogP contribution < -0.4 is 4.74 Å². The first-order valence-corrected chi connectivity index (χ1v) is 8.51. The average molecular weight is 367 g/mol. The van der Waals surface area contributed by atoms with E-state index >= 15 is 0 Å². The van der Waals surface area contributed by atoms with Gasteiger partial charge in [0.05, 0.1) is 11.8 Å². The van der Waals surface area contributed by atoms with Gasteiger partial charge >= 0.3 is 6.18 Å². The molecular weight excluding hydrogens is 347 g/mol. The van der Waals surface area contributed by atoms with Crippen molar-refractivity contribution in [2.75, 3.05) is 13.1 Å². The van der Waals surface area contributed by atoms with Gasteiger partial charge < -0.3 is 9.64 Å². The van der Waals surface area contributed by atoms with E-state index in [2.05, 4.69) is 10.2 Å². The molecule has 1 fully saturated rings. The van der Waals surface area contributed by atoms with Crippen LogP contribution >= 0.6 is 0 Å². The van der Waals surface area contributed by atoms with Gasteiger partial charge in [0.1, 0.15) is 11.9 Å². The zero-order chi connectivity index (χ0) is 18.6. The van der Waals surface area contributed by atoms with Gasteiger partial charge in [0.15, 0.2) is 0 Å². The van der Waals surface area contributed by atoms with Gasteiger partial charge in [0, 0.05) is 38.5 Å². The highest BCUT2D eigenvalue weighted by molar-refractivity contribution is 5.76. The summed E-state index contributed by atoms with van der Waals surface area (Å²) in [4.78, 5) is 14.0. The third-order valence-electron chi connectivity index (χ3n) is 4.44. The zero-order valence-electron chi connectivity index (χ0n) is 14.1. The number of amides is 1. The number of rotatable bonds is 5. The fourth-order valence-electron chi connectivity index (χ4n) is 2.98. The number of hydrogen-bond donors (Lipinski definition) is 1. The second kappa shape index (κ2) is 7.80. The highest BCUT2D eigenvalue weighted by atomic mass is 19.4. The van der Waals surface area contributed by atoms with Crippen molar-refractivity contribution < 1.29 is 22.7 Å². The second-order valence-corrected chi connectivity index (χ2v) is 6.33. The number of H-pyrrole nitrogens is 1. The van der Waals surface area contributed by atoms with Gasteiger partial charge in [-0.2, -0.15) is 18.3 Å². The lowest BCUT2D eigenvalue weighted by Gasteiger charge is -2.32. The van der Waals surface area contributed by atoms with Crippen molar-refractivity contribution >= 4 is 5.91 Å². The SMILES string of the molecule is O=C(CCc1cn[nH]c1)N1CCC(Oc2cccc(C(F)(F)F)c2)CC1. The lowest BCUT2D eigenvalue weighted by molar-refractivity contribution is -0.138. The topological polar surface area (TPSA) is 58.2 Å². The Bertz CT molecular complexity index is 724. The molecule has 0 atom stereocenters. The zero-order valence-corrected chi connectivity index (χ0v) is 14.1. The fraction of sp³-hybridized carbons (Fsp3) is 0.444. The first kappa shape index (κ1) is 18.3. The molecule has 0 aliphatic carbocycles. The van der Waals surface area contributed by atoms with Crippen molar-refractivity contribution in [1.82, 2.24) is 15.1 Å². The quantitative estimate of drug-likeness (QED) is 0.881. The minimum atomic E-state index is -4.38. The molecule has 0 spiro atoms. The van der Waals surface area contributed by atoms with Crippen LogP contribution in [0.15, 0.2) is 36.7 Å². The largest absolute Gasteiger partial charge is 0.490 e. The van der Waals surface area contributed by atoms with E-state index in [1.807, 2.05) is 0 Å². The minimum absolute atomic E-state index is 0.0729. The molecule has 26 heavy (non-hydrogen) atoms. The molecule has 3 rings (SSSR count). The Morgan fingerprint density at radius 1 is 1.31 bits per heavy atom. The standard InChI is InChI=1S/C18H20F3N3O2/c19-18(20,21)14-2-1-3-16(10-14)26-15-6-8-24(9-7-15)17(25)5-4-13-11-22-23-12-13/h1-3,10-12,15H,4-9H2,(H,22,23). The van der Waals surface area contributed by atoms with Crippen molar-refractivity contribution in [3.63, 3.8) is 0 Å². The number of carbonyl (C=O) groups excluding carboxylic acids is 1. The third-order valence-corrected chi connectivity index (χ3v) is 4.44. The summed E-state index contributed by atoms with van der Waals surface area (Å²) in [5.74, 6) is 0.285. The predicted molar refractivity (Wildman–Crippen MR) is 88.6 cm³/mol. The lowest BCUT2D eigenvalue weighted by atomic mass is 10.1. The van der Waals surface area contributed by atoms with Crippen molar-refractivity contribution in [2.24, 2.45) is 0 Å². The highest BCUT2D eigenvalue weighted by Crippen LogP contribution is 2.32. The number of carbonyl (C=O) groups is 1. The molecule has 0 unspecified atom stereocenters. The summed E-state index contributed by atoms with van der Waals surface area (Å²) in [7, 11) is 0. The number of halogens is 3. The third kappa shape index (κ3) is 4.77. The summed E-state index contributed by atoms with van der Waals surface area (Å²) < 4.78 is 44.0. The molecule has 2 aromatic rings. The molecule has 1 amide bonds. The van der Waals surface area contributed by atoms with Crippen molar-refractivity contribution in [3.05, 3.63) is 47.8 Å². The van der Waals surface area contributed by atoms with Crippen molar-refractivity contribution in [3.8, 4) is 5.75 Å². The van der Waals surface area contributed by atoms with Crippen LogP contribution in [0.1, 0.15) is 30.4 Å². The summed E-state index contributed by atoms with van der Waals surface area (Å²) >= 11 is 0. The van der Waals surface area contributed by atoms with E-state index in [-0.39, 0.29) is 17.8 Å². The molecule has 0 saturated carbocycles. The van der Waals surface area contributed by atoms with Gasteiger partial charge in [-0.1, -0.05) is 6.07 Å². The summed E-state index contributed by atoms with van der Waals surface area (Å²) in [5.41, 5.74) is 0.267. The Morgan fingerprint density at radius 3 is 2.73 bits per heavy atom. The maximum absolute atomic E-state index is 12.8. The number of nitrogens with one attached hydrogen (secondary N) is 1. The van der Waals surface area contributed by atoms with Crippen LogP contribution in [-0.4, -0.2) is 40.2 Å². The Morgan fingerprint density at radius 2 is 2.08 bits per heavy atom. The highest BCUT2D eigenvalue weighted by Gasteiger charge is 2.31. The van der Waals surface area contributed by atoms with Gasteiger partial charge in [0.2, 0.25) is 5.91 Å². The molecule has 2 heterocycles. The Balaban J connectivity index is 1.47. The number of aryl methyl sites for hydroxylation is 1. The number of nitrogens with zero attached hydrogens (tertiary/aromatic N) is 2. The van der Waals surface area contributed by atoms with E-state index < -0.39 is 11.7 Å². The van der Waals surface area contributed by atoms with E-state index in [1.165, 1.54) is 12.1 Å². The fourth-order valence-corrected chi connectivity index (χ4v) is 2.98. The molecule has 1 aromatic carbocycles. The summed E-state index contributed by atoms with van der Waals surface area (Å²) in [6.45, 7) is 1.10. The van der Waals surface area contributed by atoms with Gasteiger partial charge in [-0.3, -0.25) is 9.89 Å². The maximum atomic E-state index is 12.8. The molecule has 0 bridgehead atoms. The van der Waals surface area contributed by atoms with Crippen LogP contribution in [0.3, 0.4) is 0 Å². The van der Waals surface area contributed by atoms with Crippen LogP contribution in [-0.2, 0) is 17.4 Å². The molecule has 8 heteroatoms. The average Bonchev–Trinajstić information content (AvgIpc) is 3.13. The second-order valence-electron chi connectivity index (χ2n) is 6.33. The molecule has 0 radical (unpaired) electrons. The number of aromatic nitrogens is 2. The number of hydrogen-bond acceptors (Lipinski definition) is 3. The number of piperidine rings is 1. The number of alkyl halides is 3. The van der Waals surface area contributed by atoms with Crippen LogP contribution in [0.4, 0.5) is 13.2 Å². The summed E-state index contributed by atoms with van der Waals surface area (Å²) in [6, 6.07) is 4.90. The number of ether oxygens (including phenoxy) is 1. The smallest absolute Gasteiger partial charge is 0.416 e. The molecule has 5 nitrogen and oxygen atoms in total. The van der Waals surface area contributed by atoms with E-state index in [0.717, 1.165) is 17.7 Å². The lowest BCUT2D eigenvalue weighted by Crippen LogP contribution is -2.41. The number of likely N-dealkylation sites (tertiary alicyclic amines) is 1. The molecular formula is C18H20F3N3O2. The van der Waals surface area contributed by atoms with Crippen molar-refractivity contribution in [2.45, 2.75) is 38.0 Å². The Kier molecular flexibility index (Phi) is 5.49. The minimum Gasteiger partial charge on any atom is -0.490 e. The normalized spacial score (nSPS) is 15.9. The molecule has 1 N–H and O–H groups in total. The van der Waals surface area contributed by atoms with Crippen LogP contribution in [0.2, 0.25) is 0 Å². The van der Waals surface area contributed by atoms with Crippen LogP contribution in [0.25, 0.3) is 0 Å². The summed E-state index contributed by atoms with van der Waals surface area (Å²) in [6.07, 6.45) is 1.15. The predicted octanol–water partition coefficient (Wildman–Crippen LogP) is 3.43. The first-order chi connectivity index (χ1) is 12.4. The molecule has 1 saturated heterocycles. The van der Waals surface area contributed by atoms with Gasteiger partial charge in [0.25, 0.3) is 0 Å². The van der Waals surface area contributed by atoms with E-state index in [9.17, 15) is 18.0 Å². The van der Waals surface area contributed by atoms with Crippen LogP contribution in [0.5, 0.6) is 5.75 Å². The van der Waals surface area contributed by atoms with Gasteiger partial charge in [-0.15, -0.1) is 0 Å². The van der Waals surface area contributed by atoms with E-state index in [4.69, 9.17) is 4.74 Å². The number of benzene rings is 1. The molecule has 1 aliphatic heterocycles. The molecule has 1 aliphatic rings. The first-order valence-electron chi connectivity index (χ1n) is 8.51. The summed E-state index contributed by atoms with van der Waals surface area (Å²) in [5, 5.41) is 6.56. The van der Waals surface area contributed by atoms with Gasteiger partial charge in [-0.25, -0.2) is 0 Å². The monoisotopic (exact) mass is 367 g/mol. The van der Waals surface area contributed by atoms with Crippen LogP contribution in [0, 0.1) is 0 Å².